The summed E-state index contributed by atoms with van der Waals surface area (Å²) in [5.41, 5.74) is 1.12. The normalized spacial score (nSPS) is 21.5. The molecular weight excluding hydrogens is 462 g/mol. The molecule has 2 saturated heterocycles. The van der Waals surface area contributed by atoms with Crippen LogP contribution in [-0.4, -0.2) is 79.5 Å². The number of pyridine rings is 1. The van der Waals surface area contributed by atoms with Crippen molar-refractivity contribution in [2.45, 2.75) is 63.4 Å². The molecule has 2 atom stereocenters. The van der Waals surface area contributed by atoms with Crippen molar-refractivity contribution in [2.24, 2.45) is 0 Å². The highest BCUT2D eigenvalue weighted by Crippen LogP contribution is 2.36. The molecule has 2 unspecified atom stereocenters. The molecule has 0 radical (unpaired) electrons. The van der Waals surface area contributed by atoms with E-state index in [1.54, 1.807) is 13.0 Å². The van der Waals surface area contributed by atoms with Crippen molar-refractivity contribution in [2.75, 3.05) is 31.8 Å². The van der Waals surface area contributed by atoms with Crippen LogP contribution in [0.15, 0.2) is 23.5 Å². The molecular formula is C22H31N5O6S. The first-order chi connectivity index (χ1) is 16.2. The molecule has 2 aromatic rings. The fourth-order valence-electron chi connectivity index (χ4n) is 3.84. The highest BCUT2D eigenvalue weighted by atomic mass is 32.2. The maximum Gasteiger partial charge on any atom is 0.262 e. The third kappa shape index (κ3) is 5.74. The summed E-state index contributed by atoms with van der Waals surface area (Å²) in [6, 6.07) is 3.09. The number of nitrogens with zero attached hydrogens (tertiary/aromatic N) is 4. The minimum absolute atomic E-state index is 0.0132. The quantitative estimate of drug-likeness (QED) is 0.517. The molecule has 1 N–H and O–H groups in total. The van der Waals surface area contributed by atoms with Gasteiger partial charge in [-0.05, 0) is 45.7 Å². The molecule has 4 rings (SSSR count). The van der Waals surface area contributed by atoms with Gasteiger partial charge in [-0.15, -0.1) is 0 Å². The summed E-state index contributed by atoms with van der Waals surface area (Å²) in [4.78, 5) is 15.0. The number of anilines is 2. The molecule has 12 heteroatoms. The number of aromatic nitrogens is 3. The maximum atomic E-state index is 11.8. The smallest absolute Gasteiger partial charge is 0.262 e. The molecule has 0 bridgehead atoms. The average Bonchev–Trinajstić information content (AvgIpc) is 3.53. The molecule has 0 spiro atoms. The van der Waals surface area contributed by atoms with E-state index in [0.29, 0.717) is 28.8 Å². The number of hydrogen-bond donors (Lipinski definition) is 1. The predicted molar refractivity (Wildman–Crippen MR) is 124 cm³/mol. The summed E-state index contributed by atoms with van der Waals surface area (Å²) in [6.07, 6.45) is 4.17. The van der Waals surface area contributed by atoms with Crippen LogP contribution >= 0.6 is 0 Å². The van der Waals surface area contributed by atoms with E-state index >= 15 is 0 Å². The summed E-state index contributed by atoms with van der Waals surface area (Å²) >= 11 is 0. The van der Waals surface area contributed by atoms with E-state index in [1.807, 2.05) is 13.8 Å². The van der Waals surface area contributed by atoms with Gasteiger partial charge in [-0.2, -0.15) is 4.98 Å². The molecule has 2 aliphatic rings. The van der Waals surface area contributed by atoms with Crippen LogP contribution in [0.3, 0.4) is 0 Å². The Kier molecular flexibility index (Phi) is 7.22. The van der Waals surface area contributed by atoms with Crippen LogP contribution in [0, 0.1) is 6.92 Å². The number of ether oxygens (including phenoxy) is 4. The van der Waals surface area contributed by atoms with E-state index < -0.39 is 9.84 Å². The molecule has 2 fully saturated rings. The fourth-order valence-corrected chi connectivity index (χ4v) is 4.46. The zero-order chi connectivity index (χ0) is 24.5. The molecule has 0 aromatic carbocycles. The monoisotopic (exact) mass is 493 g/mol. The Labute approximate surface area is 199 Å². The SMILES string of the molecule is COc1c(Nc2ccc(S(C)(=O)=O)nc2C)ncnc1OC1CCN(C2OC2OC(C)C)CC1. The maximum absolute atomic E-state index is 11.8. The first-order valence-electron chi connectivity index (χ1n) is 11.2. The second-order valence-electron chi connectivity index (χ2n) is 8.67. The number of likely N-dealkylation sites (tertiary alicyclic amines) is 1. The number of rotatable bonds is 9. The molecule has 34 heavy (non-hydrogen) atoms. The zero-order valence-electron chi connectivity index (χ0n) is 20.0. The van der Waals surface area contributed by atoms with Crippen LogP contribution < -0.4 is 14.8 Å². The van der Waals surface area contributed by atoms with E-state index in [1.165, 1.54) is 19.5 Å². The molecule has 186 valence electrons. The van der Waals surface area contributed by atoms with Gasteiger partial charge in [0.1, 0.15) is 12.4 Å². The van der Waals surface area contributed by atoms with Crippen molar-refractivity contribution in [1.29, 1.82) is 0 Å². The number of nitrogens with one attached hydrogen (secondary N) is 1. The lowest BCUT2D eigenvalue weighted by Gasteiger charge is -2.31. The zero-order valence-corrected chi connectivity index (χ0v) is 20.8. The summed E-state index contributed by atoms with van der Waals surface area (Å²) in [5, 5.41) is 3.16. The summed E-state index contributed by atoms with van der Waals surface area (Å²) in [6.45, 7) is 7.39. The van der Waals surface area contributed by atoms with E-state index in [0.717, 1.165) is 32.2 Å². The second-order valence-corrected chi connectivity index (χ2v) is 10.6. The first-order valence-corrected chi connectivity index (χ1v) is 13.1. The molecule has 0 aliphatic carbocycles. The third-order valence-corrected chi connectivity index (χ3v) is 6.61. The number of aryl methyl sites for hydroxylation is 1. The third-order valence-electron chi connectivity index (χ3n) is 5.62. The predicted octanol–water partition coefficient (Wildman–Crippen LogP) is 2.29. The number of piperidine rings is 1. The lowest BCUT2D eigenvalue weighted by atomic mass is 10.1. The van der Waals surface area contributed by atoms with Crippen LogP contribution in [0.2, 0.25) is 0 Å². The van der Waals surface area contributed by atoms with Crippen molar-refractivity contribution in [1.82, 2.24) is 19.9 Å². The average molecular weight is 494 g/mol. The lowest BCUT2D eigenvalue weighted by Crippen LogP contribution is -2.41. The second kappa shape index (κ2) is 9.98. The van der Waals surface area contributed by atoms with Gasteiger partial charge in [0.25, 0.3) is 5.88 Å². The Morgan fingerprint density at radius 2 is 1.94 bits per heavy atom. The molecule has 11 nitrogen and oxygen atoms in total. The summed E-state index contributed by atoms with van der Waals surface area (Å²) < 4.78 is 46.6. The Balaban J connectivity index is 1.40. The van der Waals surface area contributed by atoms with Gasteiger partial charge in [0, 0.05) is 19.3 Å². The Morgan fingerprint density at radius 1 is 1.21 bits per heavy atom. The number of methoxy groups -OCH3 is 1. The van der Waals surface area contributed by atoms with Crippen LogP contribution in [0.25, 0.3) is 0 Å². The number of epoxide rings is 1. The van der Waals surface area contributed by atoms with Crippen molar-refractivity contribution in [3.05, 3.63) is 24.2 Å². The van der Waals surface area contributed by atoms with Crippen molar-refractivity contribution >= 4 is 21.3 Å². The van der Waals surface area contributed by atoms with Gasteiger partial charge in [-0.25, -0.2) is 18.4 Å². The minimum atomic E-state index is -3.39. The summed E-state index contributed by atoms with van der Waals surface area (Å²) in [7, 11) is -1.87. The Morgan fingerprint density at radius 3 is 2.56 bits per heavy atom. The van der Waals surface area contributed by atoms with Crippen LogP contribution in [0.1, 0.15) is 32.4 Å². The van der Waals surface area contributed by atoms with E-state index in [9.17, 15) is 8.42 Å². The Bertz CT molecular complexity index is 1120. The molecule has 0 saturated carbocycles. The molecule has 2 aliphatic heterocycles. The van der Waals surface area contributed by atoms with Gasteiger partial charge in [-0.1, -0.05) is 0 Å². The van der Waals surface area contributed by atoms with Crippen LogP contribution in [-0.2, 0) is 19.3 Å². The molecule has 4 heterocycles. The lowest BCUT2D eigenvalue weighted by molar-refractivity contribution is 0.00703. The van der Waals surface area contributed by atoms with Crippen LogP contribution in [0.5, 0.6) is 11.6 Å². The molecule has 2 aromatic heterocycles. The topological polar surface area (TPSA) is 128 Å². The first kappa shape index (κ1) is 24.6. The van der Waals surface area contributed by atoms with Gasteiger partial charge in [-0.3, -0.25) is 4.90 Å². The van der Waals surface area contributed by atoms with E-state index in [2.05, 4.69) is 25.2 Å². The molecule has 0 amide bonds. The summed E-state index contributed by atoms with van der Waals surface area (Å²) in [5.74, 6) is 1.12. The van der Waals surface area contributed by atoms with E-state index in [-0.39, 0.29) is 29.8 Å². The number of sulfone groups is 1. The van der Waals surface area contributed by atoms with Gasteiger partial charge < -0.3 is 24.3 Å². The van der Waals surface area contributed by atoms with E-state index in [4.69, 9.17) is 18.9 Å². The standard InChI is InChI=1S/C22H31N5O6S/c1-13(2)31-22-21(33-22)27-10-8-15(9-11-27)32-20-18(30-4)19(23-12-24-20)26-16-6-7-17(25-14(16)3)34(5,28)29/h6-7,12-13,15,21-22H,8-11H2,1-5H3,(H,23,24,26). The highest BCUT2D eigenvalue weighted by Gasteiger charge is 2.46. The van der Waals surface area contributed by atoms with Crippen molar-refractivity contribution in [3.63, 3.8) is 0 Å². The van der Waals surface area contributed by atoms with Crippen LogP contribution in [0.4, 0.5) is 11.5 Å². The number of hydrogen-bond acceptors (Lipinski definition) is 11. The van der Waals surface area contributed by atoms with Gasteiger partial charge in [0.2, 0.25) is 5.75 Å². The Hall–Kier alpha value is -2.54. The largest absolute Gasteiger partial charge is 0.489 e. The fraction of sp³-hybridized carbons (Fsp3) is 0.591. The van der Waals surface area contributed by atoms with Crippen molar-refractivity contribution < 1.29 is 27.4 Å². The minimum Gasteiger partial charge on any atom is -0.489 e. The van der Waals surface area contributed by atoms with Gasteiger partial charge in [0.05, 0.1) is 24.6 Å². The van der Waals surface area contributed by atoms with Gasteiger partial charge in [0.15, 0.2) is 33.2 Å². The van der Waals surface area contributed by atoms with Crippen molar-refractivity contribution in [3.8, 4) is 11.6 Å². The van der Waals surface area contributed by atoms with Gasteiger partial charge >= 0.3 is 0 Å². The highest BCUT2D eigenvalue weighted by molar-refractivity contribution is 7.90.